The van der Waals surface area contributed by atoms with Crippen molar-refractivity contribution in [3.8, 4) is 11.1 Å². The number of hydrogen-bond acceptors (Lipinski definition) is 4. The van der Waals surface area contributed by atoms with E-state index in [1.165, 1.54) is 10.8 Å². The first-order valence-electron chi connectivity index (χ1n) is 8.50. The zero-order valence-corrected chi connectivity index (χ0v) is 14.4. The molecule has 0 fully saturated rings. The molecule has 5 heteroatoms. The number of aromatic nitrogens is 2. The molecule has 2 aromatic carbocycles. The number of carbonyl (C=O) groups is 1. The second-order valence-electron chi connectivity index (χ2n) is 6.06. The standard InChI is InChI=1S/C22H16N2O3/c25-14-17-8-4-9-18(12-17)19-13-21(26)24(20-10-5-11-23-22(19)20)27-15-16-6-2-1-3-7-16/h1-14H,15H2. The Morgan fingerprint density at radius 1 is 0.963 bits per heavy atom. The maximum absolute atomic E-state index is 12.7. The Morgan fingerprint density at radius 3 is 2.63 bits per heavy atom. The van der Waals surface area contributed by atoms with Gasteiger partial charge >= 0.3 is 0 Å². The first-order chi connectivity index (χ1) is 13.3. The predicted octanol–water partition coefficient (Wildman–Crippen LogP) is 3.50. The molecule has 0 aliphatic heterocycles. The van der Waals surface area contributed by atoms with E-state index >= 15 is 0 Å². The summed E-state index contributed by atoms with van der Waals surface area (Å²) in [5.41, 5.74) is 3.85. The van der Waals surface area contributed by atoms with E-state index in [1.807, 2.05) is 36.4 Å². The van der Waals surface area contributed by atoms with Crippen LogP contribution in [0.4, 0.5) is 0 Å². The molecule has 2 aromatic heterocycles. The summed E-state index contributed by atoms with van der Waals surface area (Å²) in [5, 5.41) is 0. The van der Waals surface area contributed by atoms with Crippen LogP contribution in [0, 0.1) is 0 Å². The molecule has 0 spiro atoms. The van der Waals surface area contributed by atoms with Crippen LogP contribution in [-0.4, -0.2) is 16.0 Å². The molecule has 0 unspecified atom stereocenters. The molecule has 0 radical (unpaired) electrons. The fraction of sp³-hybridized carbons (Fsp3) is 0.0455. The molecule has 27 heavy (non-hydrogen) atoms. The van der Waals surface area contributed by atoms with Crippen molar-refractivity contribution in [3.63, 3.8) is 0 Å². The minimum absolute atomic E-state index is 0.269. The summed E-state index contributed by atoms with van der Waals surface area (Å²) in [6, 6.07) is 21.8. The molecule has 2 heterocycles. The summed E-state index contributed by atoms with van der Waals surface area (Å²) in [5.74, 6) is 0. The van der Waals surface area contributed by atoms with Gasteiger partial charge in [0.1, 0.15) is 18.4 Å². The van der Waals surface area contributed by atoms with Gasteiger partial charge in [-0.2, -0.15) is 0 Å². The van der Waals surface area contributed by atoms with Crippen molar-refractivity contribution < 1.29 is 9.63 Å². The molecule has 0 aliphatic carbocycles. The number of rotatable bonds is 5. The van der Waals surface area contributed by atoms with Crippen molar-refractivity contribution in [2.24, 2.45) is 0 Å². The minimum Gasteiger partial charge on any atom is -0.405 e. The third-order valence-electron chi connectivity index (χ3n) is 4.27. The lowest BCUT2D eigenvalue weighted by Crippen LogP contribution is -2.27. The van der Waals surface area contributed by atoms with Gasteiger partial charge in [0.05, 0.1) is 5.52 Å². The normalized spacial score (nSPS) is 10.7. The highest BCUT2D eigenvalue weighted by molar-refractivity contribution is 5.92. The second kappa shape index (κ2) is 7.25. The quantitative estimate of drug-likeness (QED) is 0.514. The van der Waals surface area contributed by atoms with Gasteiger partial charge in [0, 0.05) is 23.4 Å². The fourth-order valence-electron chi connectivity index (χ4n) is 2.98. The van der Waals surface area contributed by atoms with Gasteiger partial charge in [0.25, 0.3) is 5.56 Å². The highest BCUT2D eigenvalue weighted by Gasteiger charge is 2.13. The molecule has 0 saturated carbocycles. The maximum Gasteiger partial charge on any atom is 0.284 e. The topological polar surface area (TPSA) is 61.2 Å². The zero-order valence-electron chi connectivity index (χ0n) is 14.4. The van der Waals surface area contributed by atoms with Crippen molar-refractivity contribution in [1.82, 2.24) is 9.71 Å². The van der Waals surface area contributed by atoms with Gasteiger partial charge in [-0.3, -0.25) is 14.6 Å². The monoisotopic (exact) mass is 356 g/mol. The third kappa shape index (κ3) is 3.35. The van der Waals surface area contributed by atoms with Crippen LogP contribution in [0.2, 0.25) is 0 Å². The van der Waals surface area contributed by atoms with Crippen LogP contribution in [0.1, 0.15) is 15.9 Å². The Hall–Kier alpha value is -3.73. The molecule has 0 saturated heterocycles. The van der Waals surface area contributed by atoms with E-state index in [4.69, 9.17) is 4.84 Å². The average molecular weight is 356 g/mol. The Balaban J connectivity index is 1.82. The summed E-state index contributed by atoms with van der Waals surface area (Å²) < 4.78 is 1.27. The van der Waals surface area contributed by atoms with Crippen molar-refractivity contribution in [2.75, 3.05) is 0 Å². The van der Waals surface area contributed by atoms with E-state index in [9.17, 15) is 9.59 Å². The van der Waals surface area contributed by atoms with Gasteiger partial charge in [-0.1, -0.05) is 48.5 Å². The van der Waals surface area contributed by atoms with Gasteiger partial charge in [-0.15, -0.1) is 4.73 Å². The molecule has 0 bridgehead atoms. The number of pyridine rings is 2. The van der Waals surface area contributed by atoms with Crippen LogP contribution >= 0.6 is 0 Å². The van der Waals surface area contributed by atoms with Crippen LogP contribution in [0.3, 0.4) is 0 Å². The van der Waals surface area contributed by atoms with E-state index in [0.29, 0.717) is 22.2 Å². The molecule has 0 atom stereocenters. The first-order valence-corrected chi connectivity index (χ1v) is 8.50. The summed E-state index contributed by atoms with van der Waals surface area (Å²) in [4.78, 5) is 34.1. The Labute approximate surface area is 155 Å². The molecule has 0 aliphatic rings. The van der Waals surface area contributed by atoms with E-state index in [0.717, 1.165) is 17.4 Å². The number of carbonyl (C=O) groups excluding carboxylic acids is 1. The van der Waals surface area contributed by atoms with Crippen LogP contribution in [0.5, 0.6) is 0 Å². The van der Waals surface area contributed by atoms with Crippen LogP contribution in [0.15, 0.2) is 83.8 Å². The number of fused-ring (bicyclic) bond motifs is 1. The number of aldehydes is 1. The van der Waals surface area contributed by atoms with Crippen molar-refractivity contribution in [2.45, 2.75) is 6.61 Å². The molecule has 4 aromatic rings. The molecular formula is C22H16N2O3. The summed E-state index contributed by atoms with van der Waals surface area (Å²) in [7, 11) is 0. The minimum atomic E-state index is -0.294. The van der Waals surface area contributed by atoms with Crippen LogP contribution in [-0.2, 0) is 6.61 Å². The lowest BCUT2D eigenvalue weighted by molar-refractivity contribution is 0.0993. The number of hydrogen-bond donors (Lipinski definition) is 0. The van der Waals surface area contributed by atoms with Gasteiger partial charge in [-0.05, 0) is 29.3 Å². The van der Waals surface area contributed by atoms with E-state index in [-0.39, 0.29) is 12.2 Å². The van der Waals surface area contributed by atoms with E-state index in [1.54, 1.807) is 36.5 Å². The third-order valence-corrected chi connectivity index (χ3v) is 4.27. The lowest BCUT2D eigenvalue weighted by atomic mass is 10.0. The van der Waals surface area contributed by atoms with Gasteiger partial charge < -0.3 is 4.84 Å². The van der Waals surface area contributed by atoms with Crippen LogP contribution in [0.25, 0.3) is 22.2 Å². The highest BCUT2D eigenvalue weighted by atomic mass is 16.7. The average Bonchev–Trinajstić information content (AvgIpc) is 2.73. The second-order valence-corrected chi connectivity index (χ2v) is 6.06. The van der Waals surface area contributed by atoms with Crippen molar-refractivity contribution >= 4 is 17.3 Å². The van der Waals surface area contributed by atoms with E-state index < -0.39 is 0 Å². The predicted molar refractivity (Wildman–Crippen MR) is 104 cm³/mol. The summed E-state index contributed by atoms with van der Waals surface area (Å²) >= 11 is 0. The van der Waals surface area contributed by atoms with Crippen molar-refractivity contribution in [3.05, 3.63) is 100 Å². The molecular weight excluding hydrogens is 340 g/mol. The summed E-state index contributed by atoms with van der Waals surface area (Å²) in [6.07, 6.45) is 2.45. The number of nitrogens with zero attached hydrogens (tertiary/aromatic N) is 2. The Morgan fingerprint density at radius 2 is 1.81 bits per heavy atom. The smallest absolute Gasteiger partial charge is 0.284 e. The molecule has 5 nitrogen and oxygen atoms in total. The molecule has 4 rings (SSSR count). The zero-order chi connectivity index (χ0) is 18.6. The molecule has 132 valence electrons. The first kappa shape index (κ1) is 16.7. The number of benzene rings is 2. The fourth-order valence-corrected chi connectivity index (χ4v) is 2.98. The van der Waals surface area contributed by atoms with Gasteiger partial charge in [0.2, 0.25) is 0 Å². The van der Waals surface area contributed by atoms with Crippen LogP contribution < -0.4 is 10.4 Å². The van der Waals surface area contributed by atoms with Gasteiger partial charge in [-0.25, -0.2) is 0 Å². The SMILES string of the molecule is O=Cc1cccc(-c2cc(=O)n(OCc3ccccc3)c3cccnc23)c1. The maximum atomic E-state index is 12.7. The largest absolute Gasteiger partial charge is 0.405 e. The highest BCUT2D eigenvalue weighted by Crippen LogP contribution is 2.25. The summed E-state index contributed by atoms with van der Waals surface area (Å²) in [6.45, 7) is 0.269. The van der Waals surface area contributed by atoms with E-state index in [2.05, 4.69) is 4.98 Å². The Bertz CT molecular complexity index is 1170. The molecule has 0 amide bonds. The Kier molecular flexibility index (Phi) is 4.49. The lowest BCUT2D eigenvalue weighted by Gasteiger charge is -2.14. The van der Waals surface area contributed by atoms with Gasteiger partial charge in [0.15, 0.2) is 0 Å². The van der Waals surface area contributed by atoms with Crippen molar-refractivity contribution in [1.29, 1.82) is 0 Å². The molecule has 0 N–H and O–H groups in total.